The minimum Gasteiger partial charge on any atom is -0.344 e. The van der Waals surface area contributed by atoms with Gasteiger partial charge in [-0.2, -0.15) is 0 Å². The number of benzene rings is 1. The van der Waals surface area contributed by atoms with E-state index in [9.17, 15) is 9.59 Å². The number of nitrogens with one attached hydrogen (secondary N) is 1. The van der Waals surface area contributed by atoms with E-state index in [2.05, 4.69) is 5.32 Å². The zero-order chi connectivity index (χ0) is 13.1. The van der Waals surface area contributed by atoms with Crippen LogP contribution in [0.1, 0.15) is 18.4 Å². The van der Waals surface area contributed by atoms with E-state index in [1.165, 1.54) is 0 Å². The molecule has 1 aliphatic heterocycles. The predicted molar refractivity (Wildman–Crippen MR) is 69.1 cm³/mol. The van der Waals surface area contributed by atoms with Crippen LogP contribution in [0.25, 0.3) is 0 Å². The summed E-state index contributed by atoms with van der Waals surface area (Å²) in [6, 6.07) is 7.03. The molecule has 18 heavy (non-hydrogen) atoms. The molecule has 1 aromatic carbocycles. The molecule has 0 spiro atoms. The first kappa shape index (κ1) is 12.9. The van der Waals surface area contributed by atoms with Crippen molar-refractivity contribution in [1.29, 1.82) is 0 Å². The number of nitrogens with zero attached hydrogens (tertiary/aromatic N) is 1. The Morgan fingerprint density at radius 3 is 2.94 bits per heavy atom. The fraction of sp³-hybridized carbons (Fsp3) is 0.385. The Hall–Kier alpha value is -1.55. The number of rotatable bonds is 3. The maximum atomic E-state index is 12.1. The number of hydrogen-bond donors (Lipinski definition) is 1. The van der Waals surface area contributed by atoms with E-state index in [1.807, 2.05) is 18.2 Å². The molecule has 0 unspecified atom stereocenters. The summed E-state index contributed by atoms with van der Waals surface area (Å²) in [4.78, 5) is 24.8. The van der Waals surface area contributed by atoms with Gasteiger partial charge in [0.15, 0.2) is 0 Å². The summed E-state index contributed by atoms with van der Waals surface area (Å²) in [6.07, 6.45) is 1.01. The first-order valence-corrected chi connectivity index (χ1v) is 6.23. The number of carbonyl (C=O) groups is 2. The minimum atomic E-state index is -0.373. The van der Waals surface area contributed by atoms with Gasteiger partial charge in [0.2, 0.25) is 11.8 Å². The minimum absolute atomic E-state index is 0.0514. The van der Waals surface area contributed by atoms with E-state index >= 15 is 0 Å². The molecule has 1 N–H and O–H groups in total. The molecule has 0 aromatic heterocycles. The first-order valence-electron chi connectivity index (χ1n) is 5.85. The SMILES string of the molecule is CN(Cc1cccc(Cl)c1)C(=O)[C@@H]1CCC(=O)N1. The lowest BCUT2D eigenvalue weighted by Crippen LogP contribution is -2.42. The van der Waals surface area contributed by atoms with Gasteiger partial charge in [-0.05, 0) is 24.1 Å². The Kier molecular flexibility index (Phi) is 3.87. The Balaban J connectivity index is 1.97. The van der Waals surface area contributed by atoms with Crippen molar-refractivity contribution in [2.75, 3.05) is 7.05 Å². The number of amides is 2. The normalized spacial score (nSPS) is 18.6. The lowest BCUT2D eigenvalue weighted by Gasteiger charge is -2.21. The second-order valence-corrected chi connectivity index (χ2v) is 4.92. The molecular weight excluding hydrogens is 252 g/mol. The Morgan fingerprint density at radius 1 is 1.56 bits per heavy atom. The summed E-state index contributed by atoms with van der Waals surface area (Å²) >= 11 is 5.89. The molecule has 5 heteroatoms. The summed E-state index contributed by atoms with van der Waals surface area (Å²) in [5.74, 6) is -0.106. The van der Waals surface area contributed by atoms with Crippen LogP contribution in [0, 0.1) is 0 Å². The second-order valence-electron chi connectivity index (χ2n) is 4.48. The summed E-state index contributed by atoms with van der Waals surface area (Å²) in [7, 11) is 1.73. The van der Waals surface area contributed by atoms with Gasteiger partial charge in [0.25, 0.3) is 0 Å². The Bertz CT molecular complexity index is 476. The highest BCUT2D eigenvalue weighted by Gasteiger charge is 2.29. The number of carbonyl (C=O) groups excluding carboxylic acids is 2. The molecule has 1 fully saturated rings. The predicted octanol–water partition coefficient (Wildman–Crippen LogP) is 1.58. The van der Waals surface area contributed by atoms with Gasteiger partial charge < -0.3 is 10.2 Å². The van der Waals surface area contributed by atoms with Gasteiger partial charge in [0.05, 0.1) is 0 Å². The van der Waals surface area contributed by atoms with Gasteiger partial charge >= 0.3 is 0 Å². The van der Waals surface area contributed by atoms with Crippen LogP contribution in [-0.2, 0) is 16.1 Å². The summed E-state index contributed by atoms with van der Waals surface area (Å²) in [5.41, 5.74) is 0.975. The maximum Gasteiger partial charge on any atom is 0.245 e. The third-order valence-corrected chi connectivity index (χ3v) is 3.21. The molecule has 1 saturated heterocycles. The molecule has 1 heterocycles. The molecule has 0 radical (unpaired) electrons. The Morgan fingerprint density at radius 2 is 2.33 bits per heavy atom. The van der Waals surface area contributed by atoms with Gasteiger partial charge in [0, 0.05) is 25.0 Å². The lowest BCUT2D eigenvalue weighted by molar-refractivity contribution is -0.133. The molecule has 1 aromatic rings. The highest BCUT2D eigenvalue weighted by atomic mass is 35.5. The van der Waals surface area contributed by atoms with Crippen molar-refractivity contribution in [2.45, 2.75) is 25.4 Å². The molecule has 1 atom stereocenters. The monoisotopic (exact) mass is 266 g/mol. The number of halogens is 1. The molecule has 1 aliphatic rings. The smallest absolute Gasteiger partial charge is 0.245 e. The quantitative estimate of drug-likeness (QED) is 0.903. The van der Waals surface area contributed by atoms with Crippen LogP contribution < -0.4 is 5.32 Å². The van der Waals surface area contributed by atoms with E-state index in [-0.39, 0.29) is 17.9 Å². The zero-order valence-electron chi connectivity index (χ0n) is 10.1. The highest BCUT2D eigenvalue weighted by Crippen LogP contribution is 2.14. The van der Waals surface area contributed by atoms with Gasteiger partial charge in [-0.15, -0.1) is 0 Å². The molecule has 0 bridgehead atoms. The van der Waals surface area contributed by atoms with E-state index in [0.29, 0.717) is 24.4 Å². The van der Waals surface area contributed by atoms with Crippen LogP contribution in [0.15, 0.2) is 24.3 Å². The van der Waals surface area contributed by atoms with Crippen LogP contribution >= 0.6 is 11.6 Å². The second kappa shape index (κ2) is 5.40. The van der Waals surface area contributed by atoms with Crippen LogP contribution in [0.4, 0.5) is 0 Å². The molecule has 96 valence electrons. The van der Waals surface area contributed by atoms with Crippen molar-refractivity contribution < 1.29 is 9.59 Å². The van der Waals surface area contributed by atoms with Crippen molar-refractivity contribution in [3.05, 3.63) is 34.9 Å². The van der Waals surface area contributed by atoms with Gasteiger partial charge in [0.1, 0.15) is 6.04 Å². The number of hydrogen-bond acceptors (Lipinski definition) is 2. The molecule has 4 nitrogen and oxygen atoms in total. The van der Waals surface area contributed by atoms with E-state index in [1.54, 1.807) is 18.0 Å². The number of likely N-dealkylation sites (N-methyl/N-ethyl adjacent to an activating group) is 1. The summed E-state index contributed by atoms with van der Waals surface area (Å²) in [5, 5.41) is 3.33. The first-order chi connectivity index (χ1) is 8.56. The fourth-order valence-corrected chi connectivity index (χ4v) is 2.27. The van der Waals surface area contributed by atoms with Crippen molar-refractivity contribution in [3.63, 3.8) is 0 Å². The topological polar surface area (TPSA) is 49.4 Å². The third-order valence-electron chi connectivity index (χ3n) is 2.98. The van der Waals surface area contributed by atoms with Gasteiger partial charge in [-0.25, -0.2) is 0 Å². The molecule has 2 rings (SSSR count). The average molecular weight is 267 g/mol. The third kappa shape index (κ3) is 3.01. The van der Waals surface area contributed by atoms with Crippen LogP contribution in [0.3, 0.4) is 0 Å². The van der Waals surface area contributed by atoms with Gasteiger partial charge in [-0.3, -0.25) is 9.59 Å². The van der Waals surface area contributed by atoms with Crippen LogP contribution in [0.2, 0.25) is 5.02 Å². The molecule has 2 amide bonds. The fourth-order valence-electron chi connectivity index (χ4n) is 2.05. The summed E-state index contributed by atoms with van der Waals surface area (Å²) in [6.45, 7) is 0.492. The van der Waals surface area contributed by atoms with Crippen molar-refractivity contribution in [2.24, 2.45) is 0 Å². The highest BCUT2D eigenvalue weighted by molar-refractivity contribution is 6.30. The van der Waals surface area contributed by atoms with E-state index in [4.69, 9.17) is 11.6 Å². The van der Waals surface area contributed by atoms with Crippen LogP contribution in [0.5, 0.6) is 0 Å². The molecule has 0 aliphatic carbocycles. The molecule has 0 saturated carbocycles. The van der Waals surface area contributed by atoms with Crippen molar-refractivity contribution in [1.82, 2.24) is 10.2 Å². The standard InChI is InChI=1S/C13H15ClN2O2/c1-16(8-9-3-2-4-10(14)7-9)13(18)11-5-6-12(17)15-11/h2-4,7,11H,5-6,8H2,1H3,(H,15,17)/t11-/m0/s1. The van der Waals surface area contributed by atoms with Gasteiger partial charge in [-0.1, -0.05) is 23.7 Å². The maximum absolute atomic E-state index is 12.1. The summed E-state index contributed by atoms with van der Waals surface area (Å²) < 4.78 is 0. The molecular formula is C13H15ClN2O2. The van der Waals surface area contributed by atoms with Crippen molar-refractivity contribution >= 4 is 23.4 Å². The largest absolute Gasteiger partial charge is 0.344 e. The Labute approximate surface area is 111 Å². The van der Waals surface area contributed by atoms with E-state index in [0.717, 1.165) is 5.56 Å². The van der Waals surface area contributed by atoms with Crippen molar-refractivity contribution in [3.8, 4) is 0 Å². The van der Waals surface area contributed by atoms with E-state index < -0.39 is 0 Å². The van der Waals surface area contributed by atoms with Crippen LogP contribution in [-0.4, -0.2) is 29.8 Å². The zero-order valence-corrected chi connectivity index (χ0v) is 10.9. The average Bonchev–Trinajstić information content (AvgIpc) is 2.75. The lowest BCUT2D eigenvalue weighted by atomic mass is 10.1.